The first-order valence-corrected chi connectivity index (χ1v) is 9.78. The number of piperazine rings is 1. The van der Waals surface area contributed by atoms with Gasteiger partial charge in [-0.2, -0.15) is 0 Å². The molecule has 0 saturated carbocycles. The van der Waals surface area contributed by atoms with Crippen LogP contribution in [0, 0.1) is 0 Å². The number of benzene rings is 3. The third kappa shape index (κ3) is 3.23. The summed E-state index contributed by atoms with van der Waals surface area (Å²) < 4.78 is 0. The second kappa shape index (κ2) is 7.46. The second-order valence-corrected chi connectivity index (χ2v) is 7.63. The summed E-state index contributed by atoms with van der Waals surface area (Å²) in [6, 6.07) is 18.0. The highest BCUT2D eigenvalue weighted by Crippen LogP contribution is 2.30. The Kier molecular flexibility index (Phi) is 5.00. The fourth-order valence-corrected chi connectivity index (χ4v) is 4.14. The Balaban J connectivity index is 1.63. The van der Waals surface area contributed by atoms with E-state index in [2.05, 4.69) is 0 Å². The van der Waals surface area contributed by atoms with Crippen LogP contribution in [0.25, 0.3) is 10.8 Å². The lowest BCUT2D eigenvalue weighted by Crippen LogP contribution is -2.57. The van der Waals surface area contributed by atoms with Crippen molar-refractivity contribution in [3.05, 3.63) is 76.3 Å². The summed E-state index contributed by atoms with van der Waals surface area (Å²) in [6.45, 7) is 2.60. The van der Waals surface area contributed by atoms with Crippen LogP contribution >= 0.6 is 23.2 Å². The number of carbonyl (C=O) groups excluding carboxylic acids is 2. The first-order valence-electron chi connectivity index (χ1n) is 9.02. The van der Waals surface area contributed by atoms with Crippen molar-refractivity contribution >= 4 is 51.5 Å². The van der Waals surface area contributed by atoms with E-state index in [-0.39, 0.29) is 16.8 Å². The SMILES string of the molecule is CC1C(=O)N(c2cccc3ccccc23)CCN1C(=O)c1ccc(Cl)cc1Cl. The molecule has 1 aliphatic rings. The molecular formula is C22H18Cl2N2O2. The van der Waals surface area contributed by atoms with Crippen molar-refractivity contribution in [3.63, 3.8) is 0 Å². The number of rotatable bonds is 2. The molecule has 6 heteroatoms. The smallest absolute Gasteiger partial charge is 0.256 e. The maximum Gasteiger partial charge on any atom is 0.256 e. The van der Waals surface area contributed by atoms with Gasteiger partial charge in [-0.3, -0.25) is 9.59 Å². The summed E-state index contributed by atoms with van der Waals surface area (Å²) in [5, 5.41) is 2.85. The zero-order valence-corrected chi connectivity index (χ0v) is 16.7. The zero-order valence-electron chi connectivity index (χ0n) is 15.2. The van der Waals surface area contributed by atoms with E-state index in [1.54, 1.807) is 28.9 Å². The van der Waals surface area contributed by atoms with Crippen LogP contribution in [0.1, 0.15) is 17.3 Å². The molecule has 4 nitrogen and oxygen atoms in total. The second-order valence-electron chi connectivity index (χ2n) is 6.79. The van der Waals surface area contributed by atoms with E-state index >= 15 is 0 Å². The van der Waals surface area contributed by atoms with Gasteiger partial charge in [0, 0.05) is 23.5 Å². The molecule has 0 N–H and O–H groups in total. The van der Waals surface area contributed by atoms with Crippen LogP contribution in [0.3, 0.4) is 0 Å². The molecule has 0 aliphatic carbocycles. The number of hydrogen-bond donors (Lipinski definition) is 0. The molecule has 1 heterocycles. The molecule has 1 aliphatic heterocycles. The van der Waals surface area contributed by atoms with Gasteiger partial charge in [-0.1, -0.05) is 59.6 Å². The quantitative estimate of drug-likeness (QED) is 0.592. The lowest BCUT2D eigenvalue weighted by molar-refractivity contribution is -0.124. The number of carbonyl (C=O) groups is 2. The Labute approximate surface area is 173 Å². The number of halogens is 2. The summed E-state index contributed by atoms with van der Waals surface area (Å²) in [5.41, 5.74) is 1.22. The Morgan fingerprint density at radius 1 is 1.00 bits per heavy atom. The van der Waals surface area contributed by atoms with E-state index in [0.717, 1.165) is 16.5 Å². The average Bonchev–Trinajstić information content (AvgIpc) is 2.69. The van der Waals surface area contributed by atoms with E-state index in [9.17, 15) is 9.59 Å². The number of anilines is 1. The fourth-order valence-electron chi connectivity index (χ4n) is 3.65. The van der Waals surface area contributed by atoms with Crippen LogP contribution in [0.5, 0.6) is 0 Å². The van der Waals surface area contributed by atoms with Gasteiger partial charge in [0.2, 0.25) is 5.91 Å². The summed E-state index contributed by atoms with van der Waals surface area (Å²) in [7, 11) is 0. The molecule has 142 valence electrons. The topological polar surface area (TPSA) is 40.6 Å². The van der Waals surface area contributed by atoms with Crippen molar-refractivity contribution in [1.29, 1.82) is 0 Å². The molecule has 4 rings (SSSR count). The van der Waals surface area contributed by atoms with Gasteiger partial charge in [0.1, 0.15) is 6.04 Å². The Morgan fingerprint density at radius 3 is 2.54 bits per heavy atom. The van der Waals surface area contributed by atoms with Gasteiger partial charge in [0.15, 0.2) is 0 Å². The third-order valence-electron chi connectivity index (χ3n) is 5.14. The van der Waals surface area contributed by atoms with Crippen molar-refractivity contribution in [1.82, 2.24) is 4.90 Å². The Hall–Kier alpha value is -2.56. The van der Waals surface area contributed by atoms with E-state index in [1.807, 2.05) is 42.5 Å². The molecule has 1 saturated heterocycles. The highest BCUT2D eigenvalue weighted by molar-refractivity contribution is 6.36. The van der Waals surface area contributed by atoms with Gasteiger partial charge in [-0.15, -0.1) is 0 Å². The van der Waals surface area contributed by atoms with E-state index in [1.165, 1.54) is 6.07 Å². The molecule has 0 radical (unpaired) electrons. The molecule has 0 aromatic heterocycles. The van der Waals surface area contributed by atoms with Crippen LogP contribution in [0.2, 0.25) is 10.0 Å². The van der Waals surface area contributed by atoms with Crippen molar-refractivity contribution in [2.45, 2.75) is 13.0 Å². The highest BCUT2D eigenvalue weighted by atomic mass is 35.5. The van der Waals surface area contributed by atoms with Gasteiger partial charge in [-0.05, 0) is 36.6 Å². The molecule has 3 aromatic carbocycles. The average molecular weight is 413 g/mol. The maximum absolute atomic E-state index is 13.1. The molecule has 28 heavy (non-hydrogen) atoms. The minimum absolute atomic E-state index is 0.110. The lowest BCUT2D eigenvalue weighted by Gasteiger charge is -2.39. The monoisotopic (exact) mass is 412 g/mol. The molecular weight excluding hydrogens is 395 g/mol. The fraction of sp³-hybridized carbons (Fsp3) is 0.182. The summed E-state index contributed by atoms with van der Waals surface area (Å²) in [6.07, 6.45) is 0. The predicted molar refractivity (Wildman–Crippen MR) is 113 cm³/mol. The molecule has 3 aromatic rings. The van der Waals surface area contributed by atoms with Crippen LogP contribution in [-0.2, 0) is 4.79 Å². The van der Waals surface area contributed by atoms with Gasteiger partial charge in [0.05, 0.1) is 16.3 Å². The molecule has 0 bridgehead atoms. The first-order chi connectivity index (χ1) is 13.5. The lowest BCUT2D eigenvalue weighted by atomic mass is 10.0. The predicted octanol–water partition coefficient (Wildman–Crippen LogP) is 5.02. The number of amides is 2. The van der Waals surface area contributed by atoms with Crippen LogP contribution in [-0.4, -0.2) is 35.8 Å². The summed E-state index contributed by atoms with van der Waals surface area (Å²) >= 11 is 12.1. The largest absolute Gasteiger partial charge is 0.325 e. The maximum atomic E-state index is 13.1. The molecule has 1 fully saturated rings. The molecule has 1 unspecified atom stereocenters. The highest BCUT2D eigenvalue weighted by Gasteiger charge is 2.36. The zero-order chi connectivity index (χ0) is 19.8. The van der Waals surface area contributed by atoms with Crippen LogP contribution in [0.4, 0.5) is 5.69 Å². The Morgan fingerprint density at radius 2 is 1.75 bits per heavy atom. The van der Waals surface area contributed by atoms with Crippen LogP contribution < -0.4 is 4.90 Å². The van der Waals surface area contributed by atoms with E-state index in [4.69, 9.17) is 23.2 Å². The number of nitrogens with zero attached hydrogens (tertiary/aromatic N) is 2. The van der Waals surface area contributed by atoms with Gasteiger partial charge in [-0.25, -0.2) is 0 Å². The number of hydrogen-bond acceptors (Lipinski definition) is 2. The van der Waals surface area contributed by atoms with E-state index in [0.29, 0.717) is 23.7 Å². The minimum Gasteiger partial charge on any atom is -0.325 e. The van der Waals surface area contributed by atoms with Crippen molar-refractivity contribution in [2.24, 2.45) is 0 Å². The van der Waals surface area contributed by atoms with Gasteiger partial charge >= 0.3 is 0 Å². The van der Waals surface area contributed by atoms with Crippen molar-refractivity contribution in [2.75, 3.05) is 18.0 Å². The van der Waals surface area contributed by atoms with Gasteiger partial charge < -0.3 is 9.80 Å². The van der Waals surface area contributed by atoms with Crippen LogP contribution in [0.15, 0.2) is 60.7 Å². The van der Waals surface area contributed by atoms with E-state index < -0.39 is 6.04 Å². The van der Waals surface area contributed by atoms with Gasteiger partial charge in [0.25, 0.3) is 5.91 Å². The molecule has 0 spiro atoms. The molecule has 1 atom stereocenters. The third-order valence-corrected chi connectivity index (χ3v) is 5.68. The summed E-state index contributed by atoms with van der Waals surface area (Å²) in [4.78, 5) is 29.4. The van der Waals surface area contributed by atoms with Crippen molar-refractivity contribution in [3.8, 4) is 0 Å². The standard InChI is InChI=1S/C22H18Cl2N2O2/c1-14-21(27)26(20-8-4-6-15-5-2-3-7-17(15)20)12-11-25(14)22(28)18-10-9-16(23)13-19(18)24/h2-10,13-14H,11-12H2,1H3. The molecule has 2 amide bonds. The first kappa shape index (κ1) is 18.8. The minimum atomic E-state index is -0.591. The number of fused-ring (bicyclic) bond motifs is 1. The summed E-state index contributed by atoms with van der Waals surface area (Å²) in [5.74, 6) is -0.374. The normalized spacial score (nSPS) is 17.2. The Bertz CT molecular complexity index is 1080. The van der Waals surface area contributed by atoms with Crippen molar-refractivity contribution < 1.29 is 9.59 Å².